The molecule has 1 atom stereocenters. The lowest BCUT2D eigenvalue weighted by Gasteiger charge is -2.19. The SMILES string of the molecule is Cc1c(C(=O)O)cc2cccn2c1C(C)OCc1ccnn1C. The van der Waals surface area contributed by atoms with Crippen molar-refractivity contribution >= 4 is 11.5 Å². The van der Waals surface area contributed by atoms with E-state index in [0.29, 0.717) is 12.2 Å². The Labute approximate surface area is 133 Å². The molecule has 0 radical (unpaired) electrons. The minimum atomic E-state index is -0.925. The quantitative estimate of drug-likeness (QED) is 0.786. The summed E-state index contributed by atoms with van der Waals surface area (Å²) in [5.74, 6) is -0.925. The van der Waals surface area contributed by atoms with Gasteiger partial charge in [-0.2, -0.15) is 5.10 Å². The molecule has 0 bridgehead atoms. The first-order valence-corrected chi connectivity index (χ1v) is 7.41. The zero-order chi connectivity index (χ0) is 16.6. The highest BCUT2D eigenvalue weighted by Crippen LogP contribution is 2.27. The zero-order valence-electron chi connectivity index (χ0n) is 13.4. The second kappa shape index (κ2) is 5.89. The van der Waals surface area contributed by atoms with Gasteiger partial charge in [-0.05, 0) is 43.7 Å². The lowest BCUT2D eigenvalue weighted by atomic mass is 10.0. The van der Waals surface area contributed by atoms with Crippen molar-refractivity contribution in [2.75, 3.05) is 0 Å². The molecule has 6 heteroatoms. The van der Waals surface area contributed by atoms with Gasteiger partial charge in [0.2, 0.25) is 0 Å². The molecule has 3 aromatic heterocycles. The predicted octanol–water partition coefficient (Wildman–Crippen LogP) is 2.96. The van der Waals surface area contributed by atoms with Crippen LogP contribution < -0.4 is 0 Å². The first-order chi connectivity index (χ1) is 11.0. The number of nitrogens with zero attached hydrogens (tertiary/aromatic N) is 3. The second-order valence-corrected chi connectivity index (χ2v) is 5.58. The fourth-order valence-corrected chi connectivity index (χ4v) is 2.86. The van der Waals surface area contributed by atoms with Crippen LogP contribution in [0.5, 0.6) is 0 Å². The van der Waals surface area contributed by atoms with E-state index >= 15 is 0 Å². The van der Waals surface area contributed by atoms with Crippen molar-refractivity contribution in [1.82, 2.24) is 14.2 Å². The number of aryl methyl sites for hydroxylation is 1. The highest BCUT2D eigenvalue weighted by Gasteiger charge is 2.19. The number of aromatic carboxylic acids is 1. The molecule has 6 nitrogen and oxygen atoms in total. The minimum absolute atomic E-state index is 0.251. The van der Waals surface area contributed by atoms with Gasteiger partial charge in [0.1, 0.15) is 0 Å². The van der Waals surface area contributed by atoms with Gasteiger partial charge in [0.25, 0.3) is 0 Å². The van der Waals surface area contributed by atoms with E-state index in [1.807, 2.05) is 49.7 Å². The molecule has 0 aromatic carbocycles. The molecule has 0 amide bonds. The molecule has 0 aliphatic rings. The predicted molar refractivity (Wildman–Crippen MR) is 85.5 cm³/mol. The molecule has 0 fully saturated rings. The maximum absolute atomic E-state index is 11.5. The van der Waals surface area contributed by atoms with Gasteiger partial charge in [-0.3, -0.25) is 4.68 Å². The molecule has 120 valence electrons. The van der Waals surface area contributed by atoms with Crippen LogP contribution in [0.3, 0.4) is 0 Å². The first-order valence-electron chi connectivity index (χ1n) is 7.41. The van der Waals surface area contributed by atoms with Crippen molar-refractivity contribution in [1.29, 1.82) is 0 Å². The number of fused-ring (bicyclic) bond motifs is 1. The largest absolute Gasteiger partial charge is 0.478 e. The van der Waals surface area contributed by atoms with E-state index in [4.69, 9.17) is 4.74 Å². The van der Waals surface area contributed by atoms with Crippen LogP contribution in [0.15, 0.2) is 36.7 Å². The summed E-state index contributed by atoms with van der Waals surface area (Å²) in [5, 5.41) is 13.5. The third kappa shape index (κ3) is 2.73. The third-order valence-corrected chi connectivity index (χ3v) is 4.14. The Kier molecular flexibility index (Phi) is 3.92. The molecule has 0 saturated heterocycles. The smallest absolute Gasteiger partial charge is 0.336 e. The fourth-order valence-electron chi connectivity index (χ4n) is 2.86. The third-order valence-electron chi connectivity index (χ3n) is 4.14. The Morgan fingerprint density at radius 3 is 2.87 bits per heavy atom. The maximum atomic E-state index is 11.5. The number of carboxylic acids is 1. The molecular formula is C17H19N3O3. The van der Waals surface area contributed by atoms with Gasteiger partial charge in [-0.25, -0.2) is 4.79 Å². The van der Waals surface area contributed by atoms with Crippen LogP contribution in [0.1, 0.15) is 40.3 Å². The maximum Gasteiger partial charge on any atom is 0.336 e. The van der Waals surface area contributed by atoms with Crippen LogP contribution in [0.2, 0.25) is 0 Å². The summed E-state index contributed by atoms with van der Waals surface area (Å²) in [4.78, 5) is 11.5. The van der Waals surface area contributed by atoms with Crippen LogP contribution >= 0.6 is 0 Å². The highest BCUT2D eigenvalue weighted by molar-refractivity contribution is 5.91. The number of ether oxygens (including phenoxy) is 1. The number of pyridine rings is 1. The lowest BCUT2D eigenvalue weighted by molar-refractivity contribution is 0.0447. The summed E-state index contributed by atoms with van der Waals surface area (Å²) in [6.07, 6.45) is 3.40. The van der Waals surface area contributed by atoms with E-state index in [1.165, 1.54) is 0 Å². The molecule has 3 heterocycles. The van der Waals surface area contributed by atoms with E-state index < -0.39 is 5.97 Å². The number of rotatable bonds is 5. The van der Waals surface area contributed by atoms with Gasteiger partial charge in [-0.1, -0.05) is 0 Å². The summed E-state index contributed by atoms with van der Waals surface area (Å²) in [6, 6.07) is 7.38. The average Bonchev–Trinajstić information content (AvgIpc) is 3.12. The Morgan fingerprint density at radius 1 is 1.43 bits per heavy atom. The molecule has 0 spiro atoms. The van der Waals surface area contributed by atoms with Gasteiger partial charge in [0.15, 0.2) is 0 Å². The number of hydrogen-bond donors (Lipinski definition) is 1. The van der Waals surface area contributed by atoms with Gasteiger partial charge < -0.3 is 14.2 Å². The zero-order valence-corrected chi connectivity index (χ0v) is 13.4. The lowest BCUT2D eigenvalue weighted by Crippen LogP contribution is -2.13. The minimum Gasteiger partial charge on any atom is -0.478 e. The Hall–Kier alpha value is -2.60. The molecule has 1 unspecified atom stereocenters. The normalized spacial score (nSPS) is 12.7. The van der Waals surface area contributed by atoms with Crippen molar-refractivity contribution in [3.8, 4) is 0 Å². The first kappa shape index (κ1) is 15.3. The van der Waals surface area contributed by atoms with Crippen LogP contribution in [-0.2, 0) is 18.4 Å². The Bertz CT molecular complexity index is 863. The highest BCUT2D eigenvalue weighted by atomic mass is 16.5. The summed E-state index contributed by atoms with van der Waals surface area (Å²) >= 11 is 0. The Balaban J connectivity index is 1.97. The standard InChI is InChI=1S/C17H19N3O3/c1-11-15(17(21)22)9-13-5-4-8-20(13)16(11)12(2)23-10-14-6-7-18-19(14)3/h4-9,12H,10H2,1-3H3,(H,21,22). The molecule has 1 N–H and O–H groups in total. The summed E-state index contributed by atoms with van der Waals surface area (Å²) < 4.78 is 9.72. The molecule has 23 heavy (non-hydrogen) atoms. The molecule has 3 aromatic rings. The number of carbonyl (C=O) groups is 1. The molecule has 0 saturated carbocycles. The average molecular weight is 313 g/mol. The fraction of sp³-hybridized carbons (Fsp3) is 0.294. The summed E-state index contributed by atoms with van der Waals surface area (Å²) in [5.41, 5.74) is 3.69. The van der Waals surface area contributed by atoms with Crippen molar-refractivity contribution in [3.05, 3.63) is 59.2 Å². The van der Waals surface area contributed by atoms with Gasteiger partial charge in [0.05, 0.1) is 29.7 Å². The van der Waals surface area contributed by atoms with Crippen molar-refractivity contribution in [2.24, 2.45) is 7.05 Å². The van der Waals surface area contributed by atoms with Crippen molar-refractivity contribution in [3.63, 3.8) is 0 Å². The van der Waals surface area contributed by atoms with Crippen molar-refractivity contribution < 1.29 is 14.6 Å². The van der Waals surface area contributed by atoms with E-state index in [-0.39, 0.29) is 6.10 Å². The van der Waals surface area contributed by atoms with Crippen LogP contribution in [0.25, 0.3) is 5.52 Å². The van der Waals surface area contributed by atoms with Gasteiger partial charge >= 0.3 is 5.97 Å². The van der Waals surface area contributed by atoms with Crippen LogP contribution in [0.4, 0.5) is 0 Å². The van der Waals surface area contributed by atoms with E-state index in [1.54, 1.807) is 16.9 Å². The monoisotopic (exact) mass is 313 g/mol. The van der Waals surface area contributed by atoms with Crippen LogP contribution in [0, 0.1) is 6.92 Å². The number of carboxylic acid groups (broad SMARTS) is 1. The molecular weight excluding hydrogens is 294 g/mol. The molecule has 0 aliphatic heterocycles. The van der Waals surface area contributed by atoms with Crippen molar-refractivity contribution in [2.45, 2.75) is 26.6 Å². The molecule has 0 aliphatic carbocycles. The second-order valence-electron chi connectivity index (χ2n) is 5.58. The van der Waals surface area contributed by atoms with Gasteiger partial charge in [-0.15, -0.1) is 0 Å². The summed E-state index contributed by atoms with van der Waals surface area (Å²) in [6.45, 7) is 4.17. The summed E-state index contributed by atoms with van der Waals surface area (Å²) in [7, 11) is 1.86. The van der Waals surface area contributed by atoms with Gasteiger partial charge in [0, 0.05) is 25.0 Å². The number of aromatic nitrogens is 3. The van der Waals surface area contributed by atoms with E-state index in [9.17, 15) is 9.90 Å². The molecule has 3 rings (SSSR count). The van der Waals surface area contributed by atoms with E-state index in [0.717, 1.165) is 22.5 Å². The number of hydrogen-bond acceptors (Lipinski definition) is 3. The van der Waals surface area contributed by atoms with E-state index in [2.05, 4.69) is 5.10 Å². The topological polar surface area (TPSA) is 68.8 Å². The van der Waals surface area contributed by atoms with Crippen LogP contribution in [-0.4, -0.2) is 25.3 Å². The Morgan fingerprint density at radius 2 is 2.22 bits per heavy atom.